The van der Waals surface area contributed by atoms with E-state index in [1.54, 1.807) is 0 Å². The molecule has 262 valence electrons. The number of β-amino-alcohol motifs (C(OH)–C–C–N with tert-alkyl or cyclic N) is 2. The largest absolute Gasteiger partial charge is 0.481 e. The molecule has 0 bridgehead atoms. The van der Waals surface area contributed by atoms with Crippen molar-refractivity contribution in [1.82, 2.24) is 9.80 Å². The van der Waals surface area contributed by atoms with Crippen LogP contribution in [0.3, 0.4) is 0 Å². The smallest absolute Gasteiger partial charge is 0.306 e. The summed E-state index contributed by atoms with van der Waals surface area (Å²) in [5, 5.41) is 39.6. The number of hydrogen-bond donors (Lipinski definition) is 4. The number of fused-ring (bicyclic) bond motifs is 2. The summed E-state index contributed by atoms with van der Waals surface area (Å²) in [5.74, 6) is -2.00. The maximum Gasteiger partial charge on any atom is 0.306 e. The number of aryl methyl sites for hydroxylation is 2. The molecule has 4 aromatic rings. The third kappa shape index (κ3) is 7.91. The highest BCUT2D eigenvalue weighted by Gasteiger charge is 2.25. The molecule has 2 aliphatic rings. The Balaban J connectivity index is 1.26. The van der Waals surface area contributed by atoms with Gasteiger partial charge in [0.25, 0.3) is 0 Å². The first-order valence-electron chi connectivity index (χ1n) is 16.9. The number of aliphatic hydroxyl groups excluding tert-OH is 2. The van der Waals surface area contributed by atoms with Gasteiger partial charge in [-0.15, -0.1) is 0 Å². The van der Waals surface area contributed by atoms with Gasteiger partial charge in [-0.25, -0.2) is 0 Å². The first-order chi connectivity index (χ1) is 23.9. The van der Waals surface area contributed by atoms with Gasteiger partial charge < -0.3 is 20.4 Å². The molecular formula is C40H42Cl2N2O6. The van der Waals surface area contributed by atoms with Crippen LogP contribution in [0, 0.1) is 13.8 Å². The van der Waals surface area contributed by atoms with Crippen molar-refractivity contribution < 1.29 is 30.0 Å². The Morgan fingerprint density at radius 1 is 0.620 bits per heavy atom. The Kier molecular flexibility index (Phi) is 11.0. The summed E-state index contributed by atoms with van der Waals surface area (Å²) in [7, 11) is 0. The highest BCUT2D eigenvalue weighted by atomic mass is 35.5. The molecule has 0 saturated heterocycles. The van der Waals surface area contributed by atoms with Gasteiger partial charge in [-0.2, -0.15) is 0 Å². The number of hydrogen-bond acceptors (Lipinski definition) is 6. The van der Waals surface area contributed by atoms with E-state index in [4.69, 9.17) is 33.4 Å². The Morgan fingerprint density at radius 2 is 0.980 bits per heavy atom. The number of halogens is 2. The Morgan fingerprint density at radius 3 is 1.34 bits per heavy atom. The summed E-state index contributed by atoms with van der Waals surface area (Å²) >= 11 is 14.5. The molecule has 50 heavy (non-hydrogen) atoms. The predicted molar refractivity (Wildman–Crippen MR) is 197 cm³/mol. The van der Waals surface area contributed by atoms with Crippen molar-refractivity contribution in [3.8, 4) is 33.4 Å². The molecule has 6 rings (SSSR count). The third-order valence-corrected chi connectivity index (χ3v) is 10.7. The Hall–Kier alpha value is -3.76. The third-order valence-electron chi connectivity index (χ3n) is 9.90. The number of carboxylic acids is 2. The zero-order chi connectivity index (χ0) is 35.7. The second-order valence-corrected chi connectivity index (χ2v) is 14.4. The Bertz CT molecular complexity index is 1810. The van der Waals surface area contributed by atoms with Crippen molar-refractivity contribution in [2.75, 3.05) is 26.2 Å². The zero-order valence-electron chi connectivity index (χ0n) is 28.3. The van der Waals surface area contributed by atoms with E-state index < -0.39 is 24.1 Å². The number of rotatable bonds is 11. The molecule has 4 aromatic carbocycles. The predicted octanol–water partition coefficient (Wildman–Crippen LogP) is 7.00. The summed E-state index contributed by atoms with van der Waals surface area (Å²) in [6, 6.07) is 20.9. The molecule has 0 spiro atoms. The minimum absolute atomic E-state index is 0.264. The monoisotopic (exact) mass is 716 g/mol. The van der Waals surface area contributed by atoms with Gasteiger partial charge in [-0.1, -0.05) is 83.9 Å². The lowest BCUT2D eigenvalue weighted by Gasteiger charge is -2.31. The summed E-state index contributed by atoms with van der Waals surface area (Å²) in [5.41, 5.74) is 12.6. The van der Waals surface area contributed by atoms with Crippen LogP contribution in [0.4, 0.5) is 0 Å². The fourth-order valence-electron chi connectivity index (χ4n) is 7.50. The van der Waals surface area contributed by atoms with E-state index in [0.717, 1.165) is 70.4 Å². The van der Waals surface area contributed by atoms with E-state index in [0.29, 0.717) is 36.2 Å². The maximum absolute atomic E-state index is 11.0. The van der Waals surface area contributed by atoms with Crippen LogP contribution in [0.5, 0.6) is 0 Å². The molecule has 2 aliphatic heterocycles. The number of benzene rings is 4. The zero-order valence-corrected chi connectivity index (χ0v) is 29.8. The minimum Gasteiger partial charge on any atom is -0.481 e. The molecule has 0 aromatic heterocycles. The topological polar surface area (TPSA) is 122 Å². The van der Waals surface area contributed by atoms with E-state index in [1.807, 2.05) is 36.4 Å². The van der Waals surface area contributed by atoms with Crippen LogP contribution < -0.4 is 0 Å². The quantitative estimate of drug-likeness (QED) is 0.131. The molecule has 0 radical (unpaired) electrons. The Labute approximate surface area is 302 Å². The highest BCUT2D eigenvalue weighted by molar-refractivity contribution is 6.39. The lowest BCUT2D eigenvalue weighted by atomic mass is 9.88. The minimum atomic E-state index is -1.00. The van der Waals surface area contributed by atoms with E-state index >= 15 is 0 Å². The van der Waals surface area contributed by atoms with Crippen LogP contribution >= 0.6 is 23.2 Å². The molecule has 2 atom stereocenters. The average Bonchev–Trinajstić information content (AvgIpc) is 3.04. The molecule has 0 saturated carbocycles. The summed E-state index contributed by atoms with van der Waals surface area (Å²) < 4.78 is 0. The number of aliphatic carboxylic acids is 2. The van der Waals surface area contributed by atoms with Crippen molar-refractivity contribution >= 4 is 35.1 Å². The van der Waals surface area contributed by atoms with E-state index in [9.17, 15) is 19.8 Å². The van der Waals surface area contributed by atoms with Crippen LogP contribution in [0.1, 0.15) is 46.2 Å². The molecule has 0 aliphatic carbocycles. The van der Waals surface area contributed by atoms with Crippen molar-refractivity contribution in [2.45, 2.75) is 64.8 Å². The molecule has 0 unspecified atom stereocenters. The van der Waals surface area contributed by atoms with E-state index in [2.05, 4.69) is 47.9 Å². The number of nitrogens with zero attached hydrogens (tertiary/aromatic N) is 2. The summed E-state index contributed by atoms with van der Waals surface area (Å²) in [6.45, 7) is 7.56. The van der Waals surface area contributed by atoms with Crippen molar-refractivity contribution in [1.29, 1.82) is 0 Å². The highest BCUT2D eigenvalue weighted by Crippen LogP contribution is 2.44. The number of carboxylic acid groups (broad SMARTS) is 2. The van der Waals surface area contributed by atoms with Gasteiger partial charge in [0.05, 0.1) is 35.1 Å². The second-order valence-electron chi connectivity index (χ2n) is 13.7. The average molecular weight is 718 g/mol. The van der Waals surface area contributed by atoms with Gasteiger partial charge in [0.2, 0.25) is 0 Å². The maximum atomic E-state index is 11.0. The number of carbonyl (C=O) groups is 2. The van der Waals surface area contributed by atoms with Gasteiger partial charge in [-0.05, 0) is 71.2 Å². The van der Waals surface area contributed by atoms with Crippen molar-refractivity contribution in [3.05, 3.63) is 104 Å². The molecule has 10 heteroatoms. The lowest BCUT2D eigenvalue weighted by Crippen LogP contribution is -2.37. The normalized spacial score (nSPS) is 16.0. The van der Waals surface area contributed by atoms with Crippen LogP contribution in [-0.2, 0) is 35.5 Å². The number of aliphatic hydroxyl groups is 2. The second kappa shape index (κ2) is 15.2. The first-order valence-corrected chi connectivity index (χ1v) is 17.7. The van der Waals surface area contributed by atoms with Gasteiger partial charge in [0.15, 0.2) is 0 Å². The van der Waals surface area contributed by atoms with Crippen LogP contribution in [-0.4, -0.2) is 80.6 Å². The first kappa shape index (κ1) is 36.0. The van der Waals surface area contributed by atoms with Crippen LogP contribution in [0.2, 0.25) is 10.0 Å². The fraction of sp³-hybridized carbons (Fsp3) is 0.350. The van der Waals surface area contributed by atoms with Crippen molar-refractivity contribution in [2.24, 2.45) is 0 Å². The lowest BCUT2D eigenvalue weighted by molar-refractivity contribution is -0.140. The van der Waals surface area contributed by atoms with Crippen molar-refractivity contribution in [3.63, 3.8) is 0 Å². The van der Waals surface area contributed by atoms with Crippen LogP contribution in [0.15, 0.2) is 60.7 Å². The molecule has 0 amide bonds. The van der Waals surface area contributed by atoms with Crippen LogP contribution in [0.25, 0.3) is 33.4 Å². The van der Waals surface area contributed by atoms with Gasteiger partial charge in [0.1, 0.15) is 0 Å². The fourth-order valence-corrected chi connectivity index (χ4v) is 8.16. The van der Waals surface area contributed by atoms with Gasteiger partial charge in [-0.3, -0.25) is 19.4 Å². The molecule has 4 N–H and O–H groups in total. The van der Waals surface area contributed by atoms with E-state index in [-0.39, 0.29) is 12.8 Å². The molecule has 8 nitrogen and oxygen atoms in total. The summed E-state index contributed by atoms with van der Waals surface area (Å²) in [4.78, 5) is 26.2. The molecule has 0 fully saturated rings. The van der Waals surface area contributed by atoms with E-state index in [1.165, 1.54) is 22.3 Å². The molecule has 2 heterocycles. The standard InChI is InChI=1S/C40H42Cl2N2O6/c1-23-13-27-19-43(21-29(45)17-37(47)48)11-9-25(27)15-35(23)33-7-3-5-31(39(33)41)32-6-4-8-34(40(32)42)36-16-26-10-12-44(20-28(26)14-24(36)2)22-30(46)18-38(49)50/h3-8,13-16,29-30,45-46H,9-12,17-22H2,1-2H3,(H,47,48)(H,49,50)/t29-,30-/m0/s1. The SMILES string of the molecule is Cc1cc2c(cc1-c1cccc(-c3cccc(-c4cc5c(cc4C)CN(C[C@@H](O)CC(=O)O)CC5)c3Cl)c1Cl)CCN(C[C@@H](O)CC(=O)O)C2. The molecular weight excluding hydrogens is 675 g/mol. The van der Waals surface area contributed by atoms with Gasteiger partial charge >= 0.3 is 11.9 Å². The van der Waals surface area contributed by atoms with Gasteiger partial charge in [0, 0.05) is 61.5 Å². The summed E-state index contributed by atoms with van der Waals surface area (Å²) in [6.07, 6.45) is -0.749.